The van der Waals surface area contributed by atoms with E-state index in [1.807, 2.05) is 6.08 Å². The minimum Gasteiger partial charge on any atom is -0.466 e. The number of unbranched alkanes of at least 4 members (excludes halogenated alkanes) is 48. The molecule has 0 aromatic rings. The number of hydrogen-bond acceptors (Lipinski definition) is 10. The number of nitrogens with one attached hydrogen (secondary N) is 1. The van der Waals surface area contributed by atoms with Crippen molar-refractivity contribution in [3.63, 3.8) is 0 Å². The minimum absolute atomic E-state index is 0.000314. The van der Waals surface area contributed by atoms with Crippen LogP contribution in [0.1, 0.15) is 386 Å². The summed E-state index contributed by atoms with van der Waals surface area (Å²) in [6.45, 7) is 4.32. The largest absolute Gasteiger partial charge is 0.466 e. The third-order valence-electron chi connectivity index (χ3n) is 19.0. The van der Waals surface area contributed by atoms with Crippen LogP contribution in [0.3, 0.4) is 0 Å². The summed E-state index contributed by atoms with van der Waals surface area (Å²) in [7, 11) is 0. The molecule has 1 heterocycles. The van der Waals surface area contributed by atoms with Crippen LogP contribution in [-0.2, 0) is 23.8 Å². The number of amides is 1. The lowest BCUT2D eigenvalue weighted by Gasteiger charge is -2.40. The van der Waals surface area contributed by atoms with Gasteiger partial charge in [-0.1, -0.05) is 344 Å². The molecule has 554 valence electrons. The zero-order valence-corrected chi connectivity index (χ0v) is 61.9. The van der Waals surface area contributed by atoms with Gasteiger partial charge in [-0.2, -0.15) is 0 Å². The van der Waals surface area contributed by atoms with Gasteiger partial charge in [-0.25, -0.2) is 0 Å². The first-order chi connectivity index (χ1) is 46.7. The Balaban J connectivity index is 1.92. The van der Waals surface area contributed by atoms with Crippen molar-refractivity contribution in [2.45, 2.75) is 429 Å². The Bertz CT molecular complexity index is 1810. The van der Waals surface area contributed by atoms with Crippen LogP contribution < -0.4 is 5.32 Å². The maximum Gasteiger partial charge on any atom is 0.305 e. The highest BCUT2D eigenvalue weighted by Gasteiger charge is 2.44. The monoisotopic (exact) mass is 1340 g/mol. The second-order valence-corrected chi connectivity index (χ2v) is 28.1. The molecule has 0 bridgehead atoms. The summed E-state index contributed by atoms with van der Waals surface area (Å²) in [6, 6.07) is -0.827. The SMILES string of the molecule is CCCC/C=C\C/C=C\CCCCCCCC(=O)OCCCCCCCCCCCCCCCCC/C=C\C/C=C\CCCCCCCCCCCCCCCCCCCC(=O)NC(COC1OC(CO)C(O)C(O)C1O)C(O)/C=C/CC/C=C/CCCCCCCCCC. The Kier molecular flexibility index (Phi) is 68.6. The first-order valence-corrected chi connectivity index (χ1v) is 40.7. The van der Waals surface area contributed by atoms with Gasteiger partial charge in [-0.15, -0.1) is 0 Å². The molecule has 0 aromatic carbocycles. The predicted octanol–water partition coefficient (Wildman–Crippen LogP) is 22.2. The second-order valence-electron chi connectivity index (χ2n) is 28.1. The zero-order valence-electron chi connectivity index (χ0n) is 61.9. The lowest BCUT2D eigenvalue weighted by molar-refractivity contribution is -0.302. The van der Waals surface area contributed by atoms with Crippen LogP contribution in [0.2, 0.25) is 0 Å². The van der Waals surface area contributed by atoms with Crippen LogP contribution in [0, 0.1) is 0 Å². The van der Waals surface area contributed by atoms with Crippen LogP contribution in [0.15, 0.2) is 72.9 Å². The highest BCUT2D eigenvalue weighted by Crippen LogP contribution is 2.24. The quantitative estimate of drug-likeness (QED) is 0.0195. The van der Waals surface area contributed by atoms with Crippen molar-refractivity contribution in [3.8, 4) is 0 Å². The topological polar surface area (TPSA) is 175 Å². The Morgan fingerprint density at radius 1 is 0.389 bits per heavy atom. The van der Waals surface area contributed by atoms with E-state index in [1.54, 1.807) is 6.08 Å². The molecule has 7 unspecified atom stereocenters. The molecule has 7 atom stereocenters. The van der Waals surface area contributed by atoms with Crippen molar-refractivity contribution < 1.29 is 49.3 Å². The molecular weight excluding hydrogens is 1180 g/mol. The average Bonchev–Trinajstić information content (AvgIpc) is 0.840. The van der Waals surface area contributed by atoms with Crippen LogP contribution in [0.4, 0.5) is 0 Å². The third-order valence-corrected chi connectivity index (χ3v) is 19.0. The fraction of sp³-hybridized carbons (Fsp3) is 0.833. The number of ether oxygens (including phenoxy) is 3. The normalized spacial score (nSPS) is 17.7. The molecule has 1 amide bonds. The third kappa shape index (κ3) is 60.8. The second kappa shape index (κ2) is 72.4. The smallest absolute Gasteiger partial charge is 0.305 e. The predicted molar refractivity (Wildman–Crippen MR) is 403 cm³/mol. The summed E-state index contributed by atoms with van der Waals surface area (Å²) < 4.78 is 16.8. The number of aliphatic hydroxyl groups is 5. The number of carbonyl (C=O) groups is 2. The zero-order chi connectivity index (χ0) is 68.6. The van der Waals surface area contributed by atoms with Crippen molar-refractivity contribution in [1.29, 1.82) is 0 Å². The maximum atomic E-state index is 13.1. The number of hydrogen-bond donors (Lipinski definition) is 6. The molecule has 1 fully saturated rings. The van der Waals surface area contributed by atoms with Gasteiger partial charge in [0.2, 0.25) is 5.91 Å². The van der Waals surface area contributed by atoms with Gasteiger partial charge in [0.25, 0.3) is 0 Å². The van der Waals surface area contributed by atoms with E-state index in [1.165, 1.54) is 289 Å². The van der Waals surface area contributed by atoms with E-state index in [0.717, 1.165) is 70.6 Å². The number of carbonyl (C=O) groups excluding carboxylic acids is 2. The molecule has 1 rings (SSSR count). The van der Waals surface area contributed by atoms with E-state index in [2.05, 4.69) is 79.9 Å². The molecular formula is C84H153NO10. The van der Waals surface area contributed by atoms with Gasteiger partial charge >= 0.3 is 5.97 Å². The van der Waals surface area contributed by atoms with Crippen molar-refractivity contribution in [2.24, 2.45) is 0 Å². The molecule has 1 aliphatic rings. The molecule has 11 heteroatoms. The molecule has 0 aromatic heterocycles. The lowest BCUT2D eigenvalue weighted by Crippen LogP contribution is -2.60. The first kappa shape index (κ1) is 90.1. The molecule has 0 saturated carbocycles. The highest BCUT2D eigenvalue weighted by molar-refractivity contribution is 5.76. The number of aliphatic hydroxyl groups excluding tert-OH is 5. The van der Waals surface area contributed by atoms with E-state index in [9.17, 15) is 35.1 Å². The van der Waals surface area contributed by atoms with Crippen molar-refractivity contribution in [1.82, 2.24) is 5.32 Å². The Morgan fingerprint density at radius 2 is 0.726 bits per heavy atom. The van der Waals surface area contributed by atoms with Gasteiger partial charge in [0.15, 0.2) is 6.29 Å². The molecule has 6 N–H and O–H groups in total. The summed E-state index contributed by atoms with van der Waals surface area (Å²) in [6.07, 6.45) is 89.4. The molecule has 1 aliphatic heterocycles. The molecule has 0 aliphatic carbocycles. The van der Waals surface area contributed by atoms with E-state index >= 15 is 0 Å². The number of esters is 1. The summed E-state index contributed by atoms with van der Waals surface area (Å²) in [5.41, 5.74) is 0. The van der Waals surface area contributed by atoms with E-state index < -0.39 is 49.5 Å². The maximum absolute atomic E-state index is 13.1. The summed E-state index contributed by atoms with van der Waals surface area (Å²) in [5, 5.41) is 54.6. The van der Waals surface area contributed by atoms with E-state index in [-0.39, 0.29) is 18.5 Å². The van der Waals surface area contributed by atoms with Crippen molar-refractivity contribution >= 4 is 11.9 Å². The van der Waals surface area contributed by atoms with Crippen LogP contribution in [-0.4, -0.2) is 100 Å². The van der Waals surface area contributed by atoms with Gasteiger partial charge in [-0.3, -0.25) is 9.59 Å². The Labute approximate surface area is 585 Å². The highest BCUT2D eigenvalue weighted by atomic mass is 16.7. The van der Waals surface area contributed by atoms with Crippen LogP contribution in [0.5, 0.6) is 0 Å². The lowest BCUT2D eigenvalue weighted by atomic mass is 9.99. The number of allylic oxidation sites excluding steroid dienone is 11. The standard InChI is InChI=1S/C84H153NO10/c1-3-5-7-9-11-13-15-17-46-50-54-58-62-66-70-77(87)76(75-94-84-83(92)82(91)81(90)78(74-86)95-84)85-79(88)71-67-63-59-55-51-47-44-42-40-38-36-34-32-30-28-26-24-22-20-19-21-23-25-27-29-31-33-35-37-39-41-43-45-49-53-57-61-65-69-73-93-80(89)72-68-64-60-56-52-48-18-16-14-12-10-8-6-4-2/h10,12,16,18-20,23,25,50,54,66,70,76-78,81-84,86-87,90-92H,3-9,11,13-15,17,21-22,24,26-49,51-53,55-65,67-69,71-75H2,1-2H3,(H,85,88)/b12-10-,18-16-,20-19-,25-23-,54-50+,70-66+. The van der Waals surface area contributed by atoms with E-state index in [4.69, 9.17) is 14.2 Å². The average molecular weight is 1340 g/mol. The van der Waals surface area contributed by atoms with Gasteiger partial charge in [0, 0.05) is 12.8 Å². The van der Waals surface area contributed by atoms with Crippen LogP contribution >= 0.6 is 0 Å². The molecule has 1 saturated heterocycles. The Morgan fingerprint density at radius 3 is 1.14 bits per heavy atom. The summed E-state index contributed by atoms with van der Waals surface area (Å²) in [4.78, 5) is 25.2. The number of rotatable bonds is 72. The van der Waals surface area contributed by atoms with Gasteiger partial charge in [0.1, 0.15) is 24.4 Å². The summed E-state index contributed by atoms with van der Waals surface area (Å²) in [5.74, 6) is -0.188. The van der Waals surface area contributed by atoms with Gasteiger partial charge in [0.05, 0.1) is 32.0 Å². The van der Waals surface area contributed by atoms with Crippen molar-refractivity contribution in [3.05, 3.63) is 72.9 Å². The van der Waals surface area contributed by atoms with Gasteiger partial charge in [-0.05, 0) is 103 Å². The van der Waals surface area contributed by atoms with E-state index in [0.29, 0.717) is 19.4 Å². The fourth-order valence-electron chi connectivity index (χ4n) is 12.6. The minimum atomic E-state index is -1.58. The molecule has 0 radical (unpaired) electrons. The summed E-state index contributed by atoms with van der Waals surface area (Å²) >= 11 is 0. The Hall–Kier alpha value is -2.90. The van der Waals surface area contributed by atoms with Crippen LogP contribution in [0.25, 0.3) is 0 Å². The van der Waals surface area contributed by atoms with Crippen molar-refractivity contribution in [2.75, 3.05) is 19.8 Å². The molecule has 11 nitrogen and oxygen atoms in total. The molecule has 95 heavy (non-hydrogen) atoms. The first-order valence-electron chi connectivity index (χ1n) is 40.7. The fourth-order valence-corrected chi connectivity index (χ4v) is 12.6. The molecule has 0 spiro atoms. The van der Waals surface area contributed by atoms with Gasteiger partial charge < -0.3 is 45.1 Å².